The molecule has 0 N–H and O–H groups in total. The van der Waals surface area contributed by atoms with E-state index >= 15 is 0 Å². The summed E-state index contributed by atoms with van der Waals surface area (Å²) in [5.41, 5.74) is 3.01. The van der Waals surface area contributed by atoms with Gasteiger partial charge in [0.25, 0.3) is 0 Å². The van der Waals surface area contributed by atoms with Crippen LogP contribution in [0.25, 0.3) is 10.9 Å². The minimum absolute atomic E-state index is 0.137. The molecule has 0 aliphatic heterocycles. The fraction of sp³-hybridized carbons (Fsp3) is 0.417. The van der Waals surface area contributed by atoms with E-state index in [4.69, 9.17) is 4.43 Å². The molecule has 0 aliphatic carbocycles. The van der Waals surface area contributed by atoms with Crippen LogP contribution in [0.5, 0.6) is 0 Å². The summed E-state index contributed by atoms with van der Waals surface area (Å²) in [5.74, 6) is -0.262. The van der Waals surface area contributed by atoms with Crippen molar-refractivity contribution in [1.82, 2.24) is 4.57 Å². The van der Waals surface area contributed by atoms with Crippen molar-refractivity contribution in [3.05, 3.63) is 65.6 Å². The van der Waals surface area contributed by atoms with Gasteiger partial charge in [-0.05, 0) is 60.1 Å². The van der Waals surface area contributed by atoms with E-state index in [1.165, 1.54) is 18.4 Å². The van der Waals surface area contributed by atoms with Gasteiger partial charge in [0.05, 0.1) is 4.90 Å². The van der Waals surface area contributed by atoms with Gasteiger partial charge in [-0.25, -0.2) is 12.8 Å². The summed E-state index contributed by atoms with van der Waals surface area (Å²) in [6, 6.07) is 13.8. The van der Waals surface area contributed by atoms with Crippen molar-refractivity contribution in [3.8, 4) is 0 Å². The Labute approximate surface area is 186 Å². The summed E-state index contributed by atoms with van der Waals surface area (Å²) in [7, 11) is -5.14. The van der Waals surface area contributed by atoms with Crippen LogP contribution < -0.4 is 0 Å². The molecule has 7 heteroatoms. The summed E-state index contributed by atoms with van der Waals surface area (Å²) in [4.78, 5) is 0.308. The quantitative estimate of drug-likeness (QED) is 0.418. The van der Waals surface area contributed by atoms with Crippen LogP contribution in [-0.2, 0) is 27.2 Å². The van der Waals surface area contributed by atoms with Gasteiger partial charge in [0.15, 0.2) is 18.2 Å². The van der Waals surface area contributed by atoms with E-state index in [0.29, 0.717) is 18.0 Å². The number of nitrogens with zero attached hydrogens (tertiary/aromatic N) is 1. The highest BCUT2D eigenvalue weighted by Gasteiger charge is 2.36. The van der Waals surface area contributed by atoms with Crippen molar-refractivity contribution in [2.24, 2.45) is 0 Å². The van der Waals surface area contributed by atoms with Crippen molar-refractivity contribution in [3.63, 3.8) is 0 Å². The second kappa shape index (κ2) is 8.52. The van der Waals surface area contributed by atoms with Gasteiger partial charge >= 0.3 is 0 Å². The number of aromatic nitrogens is 1. The summed E-state index contributed by atoms with van der Waals surface area (Å²) >= 11 is 0. The highest BCUT2D eigenvalue weighted by atomic mass is 32.2. The SMILES string of the molecule is CC(C)(C)[Si](C)(C)OCCc1cc2cc(S(C)(=O)=O)ccc2n1Cc1ccc(F)cc1. The largest absolute Gasteiger partial charge is 0.416 e. The van der Waals surface area contributed by atoms with Gasteiger partial charge in [-0.1, -0.05) is 32.9 Å². The van der Waals surface area contributed by atoms with E-state index in [1.807, 2.05) is 12.1 Å². The first kappa shape index (κ1) is 23.7. The fourth-order valence-corrected chi connectivity index (χ4v) is 5.03. The van der Waals surface area contributed by atoms with Crippen LogP contribution in [0.2, 0.25) is 18.1 Å². The Morgan fingerprint density at radius 2 is 1.68 bits per heavy atom. The van der Waals surface area contributed by atoms with E-state index < -0.39 is 18.2 Å². The number of benzene rings is 2. The molecule has 0 fully saturated rings. The Kier molecular flexibility index (Phi) is 6.51. The van der Waals surface area contributed by atoms with Crippen molar-refractivity contribution in [1.29, 1.82) is 0 Å². The molecule has 31 heavy (non-hydrogen) atoms. The van der Waals surface area contributed by atoms with Crippen molar-refractivity contribution in [2.75, 3.05) is 12.9 Å². The molecule has 1 aromatic heterocycles. The highest BCUT2D eigenvalue weighted by molar-refractivity contribution is 7.90. The Balaban J connectivity index is 1.96. The van der Waals surface area contributed by atoms with Gasteiger partial charge in [0.1, 0.15) is 5.82 Å². The number of sulfone groups is 1. The van der Waals surface area contributed by atoms with Crippen LogP contribution in [0.4, 0.5) is 4.39 Å². The van der Waals surface area contributed by atoms with Crippen LogP contribution in [0.3, 0.4) is 0 Å². The smallest absolute Gasteiger partial charge is 0.191 e. The van der Waals surface area contributed by atoms with E-state index in [9.17, 15) is 12.8 Å². The maximum absolute atomic E-state index is 13.4. The minimum atomic E-state index is -3.28. The van der Waals surface area contributed by atoms with Gasteiger partial charge in [0, 0.05) is 42.4 Å². The predicted molar refractivity (Wildman–Crippen MR) is 127 cm³/mol. The number of hydrogen-bond acceptors (Lipinski definition) is 3. The Morgan fingerprint density at radius 3 is 2.26 bits per heavy atom. The molecule has 0 atom stereocenters. The summed E-state index contributed by atoms with van der Waals surface area (Å²) in [6.45, 7) is 12.3. The van der Waals surface area contributed by atoms with Crippen LogP contribution >= 0.6 is 0 Å². The third-order valence-electron chi connectivity index (χ3n) is 6.27. The molecule has 0 saturated carbocycles. The first-order chi connectivity index (χ1) is 14.3. The average Bonchev–Trinajstić information content (AvgIpc) is 2.98. The Morgan fingerprint density at radius 1 is 1.03 bits per heavy atom. The molecule has 0 aliphatic rings. The molecule has 3 aromatic rings. The number of halogens is 1. The van der Waals surface area contributed by atoms with Crippen molar-refractivity contribution < 1.29 is 17.2 Å². The molecular weight excluding hydrogens is 429 g/mol. The third kappa shape index (κ3) is 5.45. The summed E-state index contributed by atoms with van der Waals surface area (Å²) in [5, 5.41) is 1.02. The lowest BCUT2D eigenvalue weighted by atomic mass is 10.2. The van der Waals surface area contributed by atoms with Crippen LogP contribution in [0.1, 0.15) is 32.0 Å². The number of fused-ring (bicyclic) bond motifs is 1. The number of rotatable bonds is 7. The molecule has 3 rings (SSSR count). The second-order valence-corrected chi connectivity index (χ2v) is 16.5. The highest BCUT2D eigenvalue weighted by Crippen LogP contribution is 2.36. The van der Waals surface area contributed by atoms with Crippen molar-refractivity contribution in [2.45, 2.75) is 56.8 Å². The monoisotopic (exact) mass is 461 g/mol. The van der Waals surface area contributed by atoms with E-state index in [-0.39, 0.29) is 10.9 Å². The number of hydrogen-bond donors (Lipinski definition) is 0. The van der Waals surface area contributed by atoms with Gasteiger partial charge in [0.2, 0.25) is 0 Å². The zero-order chi connectivity index (χ0) is 23.0. The average molecular weight is 462 g/mol. The molecule has 0 spiro atoms. The maximum atomic E-state index is 13.4. The minimum Gasteiger partial charge on any atom is -0.416 e. The first-order valence-corrected chi connectivity index (χ1v) is 15.3. The lowest BCUT2D eigenvalue weighted by Crippen LogP contribution is -2.41. The van der Waals surface area contributed by atoms with Crippen LogP contribution in [0.15, 0.2) is 53.4 Å². The Bertz CT molecular complexity index is 1180. The fourth-order valence-electron chi connectivity index (χ4n) is 3.33. The molecule has 1 heterocycles. The van der Waals surface area contributed by atoms with Gasteiger partial charge in [-0.3, -0.25) is 0 Å². The molecule has 4 nitrogen and oxygen atoms in total. The normalized spacial score (nSPS) is 13.1. The Hall–Kier alpha value is -1.96. The second-order valence-electron chi connectivity index (χ2n) is 9.70. The summed E-state index contributed by atoms with van der Waals surface area (Å²) < 4.78 is 45.9. The van der Waals surface area contributed by atoms with Crippen molar-refractivity contribution >= 4 is 29.1 Å². The zero-order valence-electron chi connectivity index (χ0n) is 19.2. The molecule has 0 bridgehead atoms. The lowest BCUT2D eigenvalue weighted by molar-refractivity contribution is 0.289. The molecular formula is C24H32FNO3SSi. The molecule has 0 radical (unpaired) electrons. The maximum Gasteiger partial charge on any atom is 0.191 e. The van der Waals surface area contributed by atoms with Gasteiger partial charge in [-0.15, -0.1) is 0 Å². The van der Waals surface area contributed by atoms with Gasteiger partial charge in [-0.2, -0.15) is 0 Å². The first-order valence-electron chi connectivity index (χ1n) is 10.5. The standard InChI is InChI=1S/C24H32FNO3SSi/c1-24(2,3)31(5,6)29-14-13-21-15-19-16-22(30(4,27)28)11-12-23(19)26(21)17-18-7-9-20(25)10-8-18/h7-12,15-16H,13-14,17H2,1-6H3. The predicted octanol–water partition coefficient (Wildman–Crippen LogP) is 5.80. The summed E-state index contributed by atoms with van der Waals surface area (Å²) in [6.07, 6.45) is 1.94. The van der Waals surface area contributed by atoms with Crippen LogP contribution in [0, 0.1) is 5.82 Å². The molecule has 0 saturated heterocycles. The molecule has 0 unspecified atom stereocenters. The topological polar surface area (TPSA) is 48.3 Å². The van der Waals surface area contributed by atoms with E-state index in [0.717, 1.165) is 28.6 Å². The third-order valence-corrected chi connectivity index (χ3v) is 11.9. The molecule has 0 amide bonds. The molecule has 2 aromatic carbocycles. The molecule has 168 valence electrons. The van der Waals surface area contributed by atoms with Gasteiger partial charge < -0.3 is 8.99 Å². The van der Waals surface area contributed by atoms with E-state index in [2.05, 4.69) is 38.4 Å². The van der Waals surface area contributed by atoms with E-state index in [1.54, 1.807) is 24.3 Å². The lowest BCUT2D eigenvalue weighted by Gasteiger charge is -2.36. The zero-order valence-corrected chi connectivity index (χ0v) is 21.0. The van der Waals surface area contributed by atoms with Crippen LogP contribution in [-0.4, -0.2) is 34.2 Å².